The monoisotopic (exact) mass is 316 g/mol. The molecule has 0 amide bonds. The van der Waals surface area contributed by atoms with Crippen LogP contribution >= 0.6 is 0 Å². The third-order valence-corrected chi connectivity index (χ3v) is 3.32. The van der Waals surface area contributed by atoms with Gasteiger partial charge in [0.2, 0.25) is 0 Å². The van der Waals surface area contributed by atoms with Gasteiger partial charge in [0, 0.05) is 0 Å². The number of carbonyl (C=O) groups excluding carboxylic acids is 3. The van der Waals surface area contributed by atoms with Gasteiger partial charge in [-0.25, -0.2) is 0 Å². The molecule has 0 aromatic carbocycles. The summed E-state index contributed by atoms with van der Waals surface area (Å²) < 4.78 is 14.9. The Balaban J connectivity index is 5.26. The van der Waals surface area contributed by atoms with Crippen LogP contribution in [-0.4, -0.2) is 38.2 Å². The summed E-state index contributed by atoms with van der Waals surface area (Å²) in [6, 6.07) is 0. The Morgan fingerprint density at radius 1 is 0.773 bits per heavy atom. The molecule has 0 aromatic heterocycles. The Kier molecular flexibility index (Phi) is 10.2. The summed E-state index contributed by atoms with van der Waals surface area (Å²) in [5.41, 5.74) is -2.01. The zero-order valence-electron chi connectivity index (χ0n) is 14.1. The van der Waals surface area contributed by atoms with Gasteiger partial charge in [0.25, 0.3) is 5.41 Å². The third kappa shape index (κ3) is 5.31. The van der Waals surface area contributed by atoms with Crippen molar-refractivity contribution in [3.05, 3.63) is 0 Å². The third-order valence-electron chi connectivity index (χ3n) is 3.32. The van der Waals surface area contributed by atoms with E-state index in [2.05, 4.69) is 4.74 Å². The molecule has 0 radical (unpaired) electrons. The van der Waals surface area contributed by atoms with Crippen molar-refractivity contribution >= 4 is 17.9 Å². The number of hydrogen-bond acceptors (Lipinski definition) is 6. The molecule has 0 bridgehead atoms. The fourth-order valence-electron chi connectivity index (χ4n) is 1.97. The van der Waals surface area contributed by atoms with Gasteiger partial charge in [0.05, 0.1) is 20.3 Å². The minimum Gasteiger partial charge on any atom is -0.468 e. The van der Waals surface area contributed by atoms with Crippen LogP contribution in [0.4, 0.5) is 0 Å². The first-order valence-electron chi connectivity index (χ1n) is 7.94. The van der Waals surface area contributed by atoms with E-state index in [9.17, 15) is 14.4 Å². The van der Waals surface area contributed by atoms with Crippen molar-refractivity contribution in [2.75, 3.05) is 20.3 Å². The van der Waals surface area contributed by atoms with Crippen molar-refractivity contribution in [3.63, 3.8) is 0 Å². The molecule has 0 spiro atoms. The Hall–Kier alpha value is -1.59. The molecule has 0 heterocycles. The maximum atomic E-state index is 12.4. The van der Waals surface area contributed by atoms with Crippen molar-refractivity contribution in [3.8, 4) is 0 Å². The SMILES string of the molecule is CCCCOC(=O)C(CCC)(C(=O)OC)C(=O)OCCCC. The molecule has 6 heteroatoms. The van der Waals surface area contributed by atoms with E-state index in [1.807, 2.05) is 13.8 Å². The number of rotatable bonds is 11. The zero-order chi connectivity index (χ0) is 17.0. The maximum Gasteiger partial charge on any atom is 0.335 e. The fraction of sp³-hybridized carbons (Fsp3) is 0.812. The van der Waals surface area contributed by atoms with Crippen molar-refractivity contribution in [1.82, 2.24) is 0 Å². The summed E-state index contributed by atoms with van der Waals surface area (Å²) in [5.74, 6) is -2.68. The number of methoxy groups -OCH3 is 1. The molecule has 0 saturated carbocycles. The van der Waals surface area contributed by atoms with E-state index in [4.69, 9.17) is 9.47 Å². The molecular weight excluding hydrogens is 288 g/mol. The van der Waals surface area contributed by atoms with Crippen LogP contribution in [0.2, 0.25) is 0 Å². The number of ether oxygens (including phenoxy) is 3. The lowest BCUT2D eigenvalue weighted by atomic mass is 9.83. The van der Waals surface area contributed by atoms with Gasteiger partial charge in [-0.2, -0.15) is 0 Å². The van der Waals surface area contributed by atoms with Crippen LogP contribution in [0.1, 0.15) is 59.3 Å². The first-order chi connectivity index (χ1) is 10.5. The van der Waals surface area contributed by atoms with Crippen LogP contribution in [0.15, 0.2) is 0 Å². The lowest BCUT2D eigenvalue weighted by molar-refractivity contribution is -0.184. The molecular formula is C16H28O6. The van der Waals surface area contributed by atoms with E-state index >= 15 is 0 Å². The zero-order valence-corrected chi connectivity index (χ0v) is 14.1. The second-order valence-electron chi connectivity index (χ2n) is 5.13. The first kappa shape index (κ1) is 20.4. The van der Waals surface area contributed by atoms with Crippen LogP contribution in [-0.2, 0) is 28.6 Å². The lowest BCUT2D eigenvalue weighted by Crippen LogP contribution is -2.49. The molecule has 0 atom stereocenters. The normalized spacial score (nSPS) is 10.9. The summed E-state index contributed by atoms with van der Waals surface area (Å²) in [5, 5.41) is 0. The largest absolute Gasteiger partial charge is 0.468 e. The lowest BCUT2D eigenvalue weighted by Gasteiger charge is -2.26. The van der Waals surface area contributed by atoms with Crippen LogP contribution < -0.4 is 0 Å². The summed E-state index contributed by atoms with van der Waals surface area (Å²) in [6.07, 6.45) is 3.47. The molecule has 22 heavy (non-hydrogen) atoms. The smallest absolute Gasteiger partial charge is 0.335 e. The second kappa shape index (κ2) is 11.0. The Morgan fingerprint density at radius 2 is 1.23 bits per heavy atom. The molecule has 128 valence electrons. The molecule has 0 N–H and O–H groups in total. The summed E-state index contributed by atoms with van der Waals surface area (Å²) in [4.78, 5) is 36.9. The average Bonchev–Trinajstić information content (AvgIpc) is 2.52. The predicted octanol–water partition coefficient (Wildman–Crippen LogP) is 2.63. The molecule has 0 aliphatic heterocycles. The van der Waals surface area contributed by atoms with Crippen molar-refractivity contribution in [2.45, 2.75) is 59.3 Å². The summed E-state index contributed by atoms with van der Waals surface area (Å²) in [7, 11) is 1.14. The highest BCUT2D eigenvalue weighted by atomic mass is 16.6. The van der Waals surface area contributed by atoms with Gasteiger partial charge in [0.15, 0.2) is 0 Å². The molecule has 0 unspecified atom stereocenters. The Morgan fingerprint density at radius 3 is 1.55 bits per heavy atom. The molecule has 0 aliphatic carbocycles. The topological polar surface area (TPSA) is 78.9 Å². The highest BCUT2D eigenvalue weighted by Crippen LogP contribution is 2.30. The fourth-order valence-corrected chi connectivity index (χ4v) is 1.97. The molecule has 0 fully saturated rings. The molecule has 0 aromatic rings. The summed E-state index contributed by atoms with van der Waals surface area (Å²) >= 11 is 0. The van der Waals surface area contributed by atoms with E-state index < -0.39 is 23.3 Å². The van der Waals surface area contributed by atoms with Gasteiger partial charge in [-0.05, 0) is 19.3 Å². The minimum atomic E-state index is -2.01. The molecule has 0 saturated heterocycles. The summed E-state index contributed by atoms with van der Waals surface area (Å²) in [6.45, 7) is 6.01. The van der Waals surface area contributed by atoms with E-state index in [1.54, 1.807) is 6.92 Å². The molecule has 0 rings (SSSR count). The quantitative estimate of drug-likeness (QED) is 0.252. The number of unbranched alkanes of at least 4 members (excludes halogenated alkanes) is 2. The highest BCUT2D eigenvalue weighted by molar-refractivity contribution is 6.17. The van der Waals surface area contributed by atoms with Crippen molar-refractivity contribution < 1.29 is 28.6 Å². The van der Waals surface area contributed by atoms with Crippen molar-refractivity contribution in [2.24, 2.45) is 5.41 Å². The molecule has 6 nitrogen and oxygen atoms in total. The van der Waals surface area contributed by atoms with Crippen LogP contribution in [0.25, 0.3) is 0 Å². The van der Waals surface area contributed by atoms with Gasteiger partial charge < -0.3 is 14.2 Å². The molecule has 0 aliphatic rings. The number of hydrogen-bond donors (Lipinski definition) is 0. The van der Waals surface area contributed by atoms with Gasteiger partial charge in [-0.15, -0.1) is 0 Å². The van der Waals surface area contributed by atoms with E-state index in [0.717, 1.165) is 20.0 Å². The average molecular weight is 316 g/mol. The van der Waals surface area contributed by atoms with E-state index in [0.29, 0.717) is 19.3 Å². The van der Waals surface area contributed by atoms with Gasteiger partial charge in [-0.3, -0.25) is 14.4 Å². The maximum absolute atomic E-state index is 12.4. The van der Waals surface area contributed by atoms with Gasteiger partial charge in [0.1, 0.15) is 0 Å². The van der Waals surface area contributed by atoms with Crippen molar-refractivity contribution in [1.29, 1.82) is 0 Å². The predicted molar refractivity (Wildman–Crippen MR) is 81.1 cm³/mol. The number of esters is 3. The van der Waals surface area contributed by atoms with Crippen LogP contribution in [0.3, 0.4) is 0 Å². The van der Waals surface area contributed by atoms with Gasteiger partial charge in [-0.1, -0.05) is 40.0 Å². The Labute approximate surface area is 132 Å². The Bertz CT molecular complexity index is 342. The standard InChI is InChI=1S/C16H28O6/c1-5-8-11-21-14(18)16(10-7-3,13(17)20-4)15(19)22-12-9-6-2/h5-12H2,1-4H3. The van der Waals surface area contributed by atoms with Gasteiger partial charge >= 0.3 is 17.9 Å². The van der Waals surface area contributed by atoms with Crippen LogP contribution in [0, 0.1) is 5.41 Å². The second-order valence-corrected chi connectivity index (χ2v) is 5.13. The van der Waals surface area contributed by atoms with Crippen LogP contribution in [0.5, 0.6) is 0 Å². The van der Waals surface area contributed by atoms with E-state index in [1.165, 1.54) is 0 Å². The highest BCUT2D eigenvalue weighted by Gasteiger charge is 2.56. The van der Waals surface area contributed by atoms with E-state index in [-0.39, 0.29) is 19.6 Å². The number of carbonyl (C=O) groups is 3. The minimum absolute atomic E-state index is 0.00951. The first-order valence-corrected chi connectivity index (χ1v) is 7.94.